The molecule has 528 valence electrons. The van der Waals surface area contributed by atoms with Gasteiger partial charge in [0.15, 0.2) is 0 Å². The quantitative estimate of drug-likeness (QED) is 0.0370. The Morgan fingerprint density at radius 3 is 1.36 bits per heavy atom. The zero-order valence-electron chi connectivity index (χ0n) is 54.3. The highest BCUT2D eigenvalue weighted by Crippen LogP contribution is 2.36. The van der Waals surface area contributed by atoms with Crippen LogP contribution in [0.25, 0.3) is 27.9 Å². The molecule has 8 heterocycles. The summed E-state index contributed by atoms with van der Waals surface area (Å²) in [4.78, 5) is 152. The van der Waals surface area contributed by atoms with Crippen LogP contribution in [0.3, 0.4) is 0 Å². The van der Waals surface area contributed by atoms with E-state index in [0.717, 1.165) is 68.9 Å². The third kappa shape index (κ3) is 21.4. The summed E-state index contributed by atoms with van der Waals surface area (Å²) >= 11 is 18.0. The van der Waals surface area contributed by atoms with Gasteiger partial charge in [-0.1, -0.05) is 73.3 Å². The molecule has 0 unspecified atom stereocenters. The Morgan fingerprint density at radius 2 is 0.960 bits per heavy atom. The molecule has 17 N–H and O–H groups in total. The van der Waals surface area contributed by atoms with Crippen molar-refractivity contribution < 1.29 is 57.8 Å². The predicted molar refractivity (Wildman–Crippen MR) is 364 cm³/mol. The first-order valence-electron chi connectivity index (χ1n) is 33.3. The summed E-state index contributed by atoms with van der Waals surface area (Å²) in [6, 6.07) is 5.61. The molecule has 3 aliphatic heterocycles. The molecule has 0 radical (unpaired) electrons. The summed E-state index contributed by atoms with van der Waals surface area (Å²) in [5.41, 5.74) is 20.6. The summed E-state index contributed by atoms with van der Waals surface area (Å²) in [5, 5.41) is 42.3. The van der Waals surface area contributed by atoms with Crippen LogP contribution < -0.4 is 59.7 Å². The standard InChI is InChI=1S/C22H27ClN6O4.C22H25ClN6O3.C14H24N4O3.C9H6ClNO2/c23-18-13-10-17(27-14(13)5-7-25-18)22(33)29-16(8-11-3-4-11)21(32)28-15(19(24)30)9-12-2-1-6-26-20(12)31;23-19-15-10-18(28-16(15)5-7-25-19)22(32)29-17(8-12-3-4-12)21(31)27-14(11-24)9-13-2-1-6-26-20(13)30;15-10(6-8-3-4-8)14(21)18-11(12(16)19)7-9-2-1-5-17-13(9)20;10-8-7-4-6(9(12)13)3-5(7)1-2-11-8/h5,7,10-12,15-16,27H,1-4,6,8-9H2,(H2,24,30)(H,26,31)(H,28,32)(H,29,33);5,7,10,12-14,17,28H,1-4,6,8-9H2,(H,26,30)(H,27,31)(H,29,32);8-11H,1-7,15H2,(H2,16,19)(H,17,20)(H,18,21);1-2,4H,3H2,(H,12,13)/t12-,15-,16-;13-,14-,17-;9-,10-,11-;/m000./s1. The Balaban J connectivity index is 0.000000162. The van der Waals surface area contributed by atoms with Crippen LogP contribution in [-0.2, 0) is 49.6 Å². The third-order valence-corrected chi connectivity index (χ3v) is 19.3. The smallest absolute Gasteiger partial charge is 0.331 e. The number of hydrogen-bond donors (Lipinski definition) is 14. The van der Waals surface area contributed by atoms with E-state index in [1.807, 2.05) is 0 Å². The van der Waals surface area contributed by atoms with Crippen molar-refractivity contribution in [2.24, 2.45) is 52.7 Å². The zero-order valence-corrected chi connectivity index (χ0v) is 56.5. The summed E-state index contributed by atoms with van der Waals surface area (Å²) < 4.78 is 0. The van der Waals surface area contributed by atoms with Gasteiger partial charge >= 0.3 is 5.97 Å². The average Bonchev–Trinajstić information content (AvgIpc) is 1.68. The lowest BCUT2D eigenvalue weighted by molar-refractivity contribution is -0.133. The molecular weight excluding hydrogens is 1340 g/mol. The molecule has 0 bridgehead atoms. The predicted octanol–water partition coefficient (Wildman–Crippen LogP) is 3.80. The van der Waals surface area contributed by atoms with Crippen LogP contribution in [0, 0.1) is 46.8 Å². The second-order valence-corrected chi connectivity index (χ2v) is 27.3. The van der Waals surface area contributed by atoms with Gasteiger partial charge in [-0.3, -0.25) is 47.9 Å². The van der Waals surface area contributed by atoms with Crippen molar-refractivity contribution in [3.8, 4) is 6.07 Å². The van der Waals surface area contributed by atoms with Gasteiger partial charge in [0.25, 0.3) is 11.8 Å². The normalized spacial score (nSPS) is 20.3. The average molecular weight is 1420 g/mol. The highest BCUT2D eigenvalue weighted by Gasteiger charge is 2.38. The minimum atomic E-state index is -0.997. The zero-order chi connectivity index (χ0) is 71.0. The number of aromatic nitrogens is 5. The van der Waals surface area contributed by atoms with Gasteiger partial charge in [-0.05, 0) is 137 Å². The number of piperidine rings is 3. The van der Waals surface area contributed by atoms with Crippen molar-refractivity contribution in [3.63, 3.8) is 0 Å². The third-order valence-electron chi connectivity index (χ3n) is 18.4. The van der Waals surface area contributed by atoms with Gasteiger partial charge < -0.3 is 74.8 Å². The van der Waals surface area contributed by atoms with E-state index in [2.05, 4.69) is 73.5 Å². The monoisotopic (exact) mass is 1420 g/mol. The summed E-state index contributed by atoms with van der Waals surface area (Å²) in [5.74, 6) is -4.44. The number of carbonyl (C=O) groups excluding carboxylic acids is 10. The number of nitrogens with one attached hydrogen (secondary N) is 10. The maximum atomic E-state index is 13.1. The van der Waals surface area contributed by atoms with Crippen molar-refractivity contribution in [2.75, 3.05) is 19.6 Å². The van der Waals surface area contributed by atoms with Crippen LogP contribution in [0.2, 0.25) is 15.5 Å². The summed E-state index contributed by atoms with van der Waals surface area (Å²) in [6.07, 6.45) is 19.7. The minimum Gasteiger partial charge on any atom is -0.478 e. The number of carbonyl (C=O) groups is 11. The Morgan fingerprint density at radius 1 is 0.545 bits per heavy atom. The van der Waals surface area contributed by atoms with Gasteiger partial charge in [0.1, 0.15) is 57.1 Å². The van der Waals surface area contributed by atoms with E-state index in [4.69, 9.17) is 57.1 Å². The van der Waals surface area contributed by atoms with Gasteiger partial charge in [-0.25, -0.2) is 19.7 Å². The molecule has 6 fully saturated rings. The first kappa shape index (κ1) is 74.0. The first-order chi connectivity index (χ1) is 47.4. The van der Waals surface area contributed by atoms with Crippen molar-refractivity contribution >= 4 is 128 Å². The minimum absolute atomic E-state index is 0.0796. The number of hydrogen-bond acceptors (Lipinski definition) is 16. The molecule has 5 aromatic rings. The van der Waals surface area contributed by atoms with Crippen LogP contribution >= 0.6 is 34.8 Å². The molecule has 0 spiro atoms. The Bertz CT molecular complexity index is 3940. The van der Waals surface area contributed by atoms with E-state index in [1.54, 1.807) is 48.8 Å². The molecule has 29 nitrogen and oxygen atoms in total. The summed E-state index contributed by atoms with van der Waals surface area (Å²) in [7, 11) is 0. The fraction of sp³-hybridized carbons (Fsp3) is 0.507. The summed E-state index contributed by atoms with van der Waals surface area (Å²) in [6.45, 7) is 1.91. The van der Waals surface area contributed by atoms with Crippen LogP contribution in [0.1, 0.15) is 148 Å². The number of H-pyrrole nitrogens is 2. The molecular formula is C67H82Cl3N17O12. The molecule has 99 heavy (non-hydrogen) atoms. The molecule has 3 saturated carbocycles. The van der Waals surface area contributed by atoms with Gasteiger partial charge in [0, 0.05) is 84.3 Å². The molecule has 9 atom stereocenters. The van der Waals surface area contributed by atoms with Crippen molar-refractivity contribution in [2.45, 2.75) is 158 Å². The molecule has 0 aromatic carbocycles. The molecule has 5 aromatic heterocycles. The lowest BCUT2D eigenvalue weighted by atomic mass is 9.91. The van der Waals surface area contributed by atoms with Crippen molar-refractivity contribution in [1.82, 2.24) is 67.5 Å². The van der Waals surface area contributed by atoms with Gasteiger partial charge in [0.05, 0.1) is 23.1 Å². The number of carboxylic acid groups (broad SMARTS) is 1. The van der Waals surface area contributed by atoms with Crippen LogP contribution in [0.15, 0.2) is 54.5 Å². The number of aromatic amines is 2. The number of amides is 10. The van der Waals surface area contributed by atoms with Gasteiger partial charge in [0.2, 0.25) is 47.3 Å². The fourth-order valence-corrected chi connectivity index (χ4v) is 12.9. The number of halogens is 3. The molecule has 4 aliphatic carbocycles. The van der Waals surface area contributed by atoms with Crippen LogP contribution in [0.4, 0.5) is 0 Å². The second-order valence-electron chi connectivity index (χ2n) is 26.2. The van der Waals surface area contributed by atoms with Crippen LogP contribution in [0.5, 0.6) is 0 Å². The number of aliphatic carboxylic acids is 1. The highest BCUT2D eigenvalue weighted by atomic mass is 35.5. The van der Waals surface area contributed by atoms with Crippen molar-refractivity contribution in [3.05, 3.63) is 92.5 Å². The van der Waals surface area contributed by atoms with E-state index in [-0.39, 0.29) is 76.4 Å². The molecule has 32 heteroatoms. The van der Waals surface area contributed by atoms with Gasteiger partial charge in [-0.2, -0.15) is 5.26 Å². The molecule has 10 amide bonds. The first-order valence-corrected chi connectivity index (χ1v) is 34.5. The van der Waals surface area contributed by atoms with E-state index in [0.29, 0.717) is 115 Å². The van der Waals surface area contributed by atoms with E-state index >= 15 is 0 Å². The number of nitrogens with two attached hydrogens (primary N) is 3. The highest BCUT2D eigenvalue weighted by molar-refractivity contribution is 6.35. The fourth-order valence-electron chi connectivity index (χ4n) is 12.3. The second kappa shape index (κ2) is 34.5. The SMILES string of the molecule is N#C[C@H](C[C@@H]1CCCNC1=O)NC(=O)[C@H](CC1CC1)NC(=O)c1cc2c(Cl)nccc2[nH]1.NC(=O)[C@H](C[C@@H]1CCCNC1=O)NC(=O)[C@@H](N)CC1CC1.NC(=O)[C@H](C[C@@H]1CCCNC1=O)NC(=O)[C@H](CC1CC1)NC(=O)c1cc2c(Cl)nccc2[nH]1.O=C(O)C1=Cc2c(ccnc2Cl)C1. The van der Waals surface area contributed by atoms with E-state index in [1.165, 1.54) is 6.20 Å². The van der Waals surface area contributed by atoms with E-state index < -0.39 is 83.6 Å². The maximum Gasteiger partial charge on any atom is 0.331 e. The van der Waals surface area contributed by atoms with Crippen LogP contribution in [-0.4, -0.2) is 151 Å². The number of carboxylic acids is 1. The number of nitrogens with zero attached hydrogens (tertiary/aromatic N) is 4. The maximum absolute atomic E-state index is 13.1. The molecule has 7 aliphatic rings. The van der Waals surface area contributed by atoms with E-state index in [9.17, 15) is 58.0 Å². The number of rotatable bonds is 25. The molecule has 12 rings (SSSR count). The Kier molecular flexibility index (Phi) is 25.8. The van der Waals surface area contributed by atoms with Gasteiger partial charge in [-0.15, -0.1) is 0 Å². The Labute approximate surface area is 584 Å². The Hall–Kier alpha value is -9.24. The number of primary amides is 2. The topological polar surface area (TPSA) is 476 Å². The number of fused-ring (bicyclic) bond motifs is 3. The van der Waals surface area contributed by atoms with Crippen molar-refractivity contribution in [1.29, 1.82) is 5.26 Å². The molecule has 3 saturated heterocycles. The lowest BCUT2D eigenvalue weighted by Gasteiger charge is -2.27. The lowest BCUT2D eigenvalue weighted by Crippen LogP contribution is -2.54. The number of pyridine rings is 3. The largest absolute Gasteiger partial charge is 0.478 e. The number of nitriles is 1.